The minimum Gasteiger partial charge on any atom is -0.489 e. The third-order valence-corrected chi connectivity index (χ3v) is 8.08. The SMILES string of the molecule is CCC1CCN(Cc2cnc(C(c3ccccc3)C3CCCCC3)o2)CC1Oc1cccc(C)c1. The van der Waals surface area contributed by atoms with Gasteiger partial charge in [-0.15, -0.1) is 0 Å². The molecule has 1 aromatic heterocycles. The lowest BCUT2D eigenvalue weighted by Crippen LogP contribution is -2.46. The quantitative estimate of drug-likeness (QED) is 0.343. The summed E-state index contributed by atoms with van der Waals surface area (Å²) in [7, 11) is 0. The number of ether oxygens (including phenoxy) is 1. The molecule has 5 rings (SSSR count). The molecular formula is C31H40N2O2. The van der Waals surface area contributed by atoms with Crippen molar-refractivity contribution in [1.29, 1.82) is 0 Å². The van der Waals surface area contributed by atoms with Crippen LogP contribution in [0.25, 0.3) is 0 Å². The largest absolute Gasteiger partial charge is 0.489 e. The lowest BCUT2D eigenvalue weighted by Gasteiger charge is -2.38. The molecule has 3 aromatic rings. The highest BCUT2D eigenvalue weighted by molar-refractivity contribution is 5.28. The van der Waals surface area contributed by atoms with E-state index in [1.165, 1.54) is 43.2 Å². The van der Waals surface area contributed by atoms with Gasteiger partial charge in [-0.05, 0) is 74.2 Å². The highest BCUT2D eigenvalue weighted by Gasteiger charge is 2.32. The lowest BCUT2D eigenvalue weighted by atomic mass is 9.77. The van der Waals surface area contributed by atoms with Crippen LogP contribution in [-0.4, -0.2) is 29.1 Å². The van der Waals surface area contributed by atoms with E-state index in [1.54, 1.807) is 0 Å². The Morgan fingerprint density at radius 1 is 1.03 bits per heavy atom. The Hall–Kier alpha value is -2.59. The molecule has 4 heteroatoms. The molecule has 35 heavy (non-hydrogen) atoms. The van der Waals surface area contributed by atoms with Gasteiger partial charge in [0.2, 0.25) is 5.89 Å². The summed E-state index contributed by atoms with van der Waals surface area (Å²) in [4.78, 5) is 7.32. The van der Waals surface area contributed by atoms with Crippen LogP contribution in [0.1, 0.15) is 80.6 Å². The normalized spacial score (nSPS) is 22.7. The Labute approximate surface area is 210 Å². The summed E-state index contributed by atoms with van der Waals surface area (Å²) in [6, 6.07) is 19.3. The first-order chi connectivity index (χ1) is 17.2. The lowest BCUT2D eigenvalue weighted by molar-refractivity contribution is 0.0313. The molecule has 1 aliphatic carbocycles. The molecule has 3 atom stereocenters. The summed E-state index contributed by atoms with van der Waals surface area (Å²) in [5, 5.41) is 0. The van der Waals surface area contributed by atoms with E-state index in [0.717, 1.165) is 49.9 Å². The zero-order valence-corrected chi connectivity index (χ0v) is 21.4. The van der Waals surface area contributed by atoms with E-state index in [1.807, 2.05) is 6.20 Å². The molecule has 2 aliphatic rings. The van der Waals surface area contributed by atoms with Gasteiger partial charge in [-0.25, -0.2) is 4.98 Å². The number of rotatable bonds is 8. The first-order valence-electron chi connectivity index (χ1n) is 13.6. The molecule has 0 bridgehead atoms. The van der Waals surface area contributed by atoms with E-state index in [0.29, 0.717) is 11.8 Å². The number of hydrogen-bond donors (Lipinski definition) is 0. The average molecular weight is 473 g/mol. The van der Waals surface area contributed by atoms with Crippen molar-refractivity contribution in [2.24, 2.45) is 11.8 Å². The smallest absolute Gasteiger partial charge is 0.202 e. The van der Waals surface area contributed by atoms with Crippen molar-refractivity contribution in [3.05, 3.63) is 83.6 Å². The number of benzene rings is 2. The van der Waals surface area contributed by atoms with Crippen LogP contribution < -0.4 is 4.74 Å². The van der Waals surface area contributed by atoms with E-state index in [2.05, 4.69) is 73.3 Å². The second kappa shape index (κ2) is 11.4. The van der Waals surface area contributed by atoms with Crippen LogP contribution >= 0.6 is 0 Å². The van der Waals surface area contributed by atoms with Crippen LogP contribution in [0.3, 0.4) is 0 Å². The Bertz CT molecular complexity index is 1060. The molecule has 186 valence electrons. The van der Waals surface area contributed by atoms with Crippen LogP contribution in [0.2, 0.25) is 0 Å². The Balaban J connectivity index is 1.29. The van der Waals surface area contributed by atoms with Crippen molar-refractivity contribution in [2.75, 3.05) is 13.1 Å². The van der Waals surface area contributed by atoms with Gasteiger partial charge in [-0.1, -0.05) is 68.7 Å². The fourth-order valence-electron chi connectivity index (χ4n) is 6.14. The topological polar surface area (TPSA) is 38.5 Å². The number of oxazole rings is 1. The van der Waals surface area contributed by atoms with E-state index in [-0.39, 0.29) is 12.0 Å². The van der Waals surface area contributed by atoms with E-state index < -0.39 is 0 Å². The number of piperidine rings is 1. The van der Waals surface area contributed by atoms with Gasteiger partial charge in [-0.2, -0.15) is 0 Å². The zero-order valence-electron chi connectivity index (χ0n) is 21.4. The molecule has 4 nitrogen and oxygen atoms in total. The Morgan fingerprint density at radius 2 is 1.86 bits per heavy atom. The van der Waals surface area contributed by atoms with E-state index in [9.17, 15) is 0 Å². The Kier molecular flexibility index (Phi) is 7.88. The predicted octanol–water partition coefficient (Wildman–Crippen LogP) is 7.37. The minimum absolute atomic E-state index is 0.206. The molecule has 2 fully saturated rings. The summed E-state index contributed by atoms with van der Waals surface area (Å²) in [5.74, 6) is 4.31. The molecule has 0 spiro atoms. The molecule has 2 aromatic carbocycles. The molecule has 2 heterocycles. The van der Waals surface area contributed by atoms with Crippen LogP contribution in [-0.2, 0) is 6.54 Å². The second-order valence-electron chi connectivity index (χ2n) is 10.6. The van der Waals surface area contributed by atoms with Crippen LogP contribution in [0.15, 0.2) is 65.2 Å². The maximum absolute atomic E-state index is 6.50. The monoisotopic (exact) mass is 472 g/mol. The third kappa shape index (κ3) is 5.98. The molecule has 0 amide bonds. The summed E-state index contributed by atoms with van der Waals surface area (Å²) in [6.45, 7) is 7.20. The van der Waals surface area contributed by atoms with Crippen molar-refractivity contribution in [3.63, 3.8) is 0 Å². The van der Waals surface area contributed by atoms with Crippen molar-refractivity contribution in [3.8, 4) is 5.75 Å². The van der Waals surface area contributed by atoms with E-state index in [4.69, 9.17) is 14.1 Å². The fraction of sp³-hybridized carbons (Fsp3) is 0.516. The zero-order chi connectivity index (χ0) is 24.0. The van der Waals surface area contributed by atoms with Gasteiger partial charge < -0.3 is 9.15 Å². The molecule has 3 unspecified atom stereocenters. The summed E-state index contributed by atoms with van der Waals surface area (Å²) in [5.41, 5.74) is 2.58. The fourth-order valence-corrected chi connectivity index (χ4v) is 6.14. The molecular weight excluding hydrogens is 432 g/mol. The first kappa shape index (κ1) is 24.1. The molecule has 0 N–H and O–H groups in total. The van der Waals surface area contributed by atoms with Crippen molar-refractivity contribution < 1.29 is 9.15 Å². The first-order valence-corrected chi connectivity index (χ1v) is 13.6. The van der Waals surface area contributed by atoms with Gasteiger partial charge in [0.1, 0.15) is 17.6 Å². The summed E-state index contributed by atoms with van der Waals surface area (Å²) < 4.78 is 13.0. The molecule has 1 saturated carbocycles. The summed E-state index contributed by atoms with van der Waals surface area (Å²) in [6.07, 6.45) is 11.0. The third-order valence-electron chi connectivity index (χ3n) is 8.08. The summed E-state index contributed by atoms with van der Waals surface area (Å²) >= 11 is 0. The molecule has 1 saturated heterocycles. The van der Waals surface area contributed by atoms with Crippen molar-refractivity contribution in [1.82, 2.24) is 9.88 Å². The van der Waals surface area contributed by atoms with Gasteiger partial charge in [0, 0.05) is 6.54 Å². The van der Waals surface area contributed by atoms with Crippen LogP contribution in [0, 0.1) is 18.8 Å². The van der Waals surface area contributed by atoms with Gasteiger partial charge in [-0.3, -0.25) is 4.90 Å². The molecule has 1 aliphatic heterocycles. The van der Waals surface area contributed by atoms with Crippen LogP contribution in [0.5, 0.6) is 5.75 Å². The number of aromatic nitrogens is 1. The van der Waals surface area contributed by atoms with Crippen molar-refractivity contribution >= 4 is 0 Å². The van der Waals surface area contributed by atoms with Crippen molar-refractivity contribution in [2.45, 2.75) is 77.4 Å². The van der Waals surface area contributed by atoms with Gasteiger partial charge in [0.15, 0.2) is 0 Å². The second-order valence-corrected chi connectivity index (χ2v) is 10.6. The standard InChI is InChI=1S/C31H40N2O2/c1-3-24-17-18-33(22-29(24)34-27-16-10-11-23(2)19-27)21-28-20-32-31(35-28)30(25-12-6-4-7-13-25)26-14-8-5-9-15-26/h4,6-7,10-13,16,19-20,24,26,29-30H,3,5,8-9,14-15,17-18,21-22H2,1-2H3. The van der Waals surface area contributed by atoms with Gasteiger partial charge in [0.25, 0.3) is 0 Å². The highest BCUT2D eigenvalue weighted by Crippen LogP contribution is 2.40. The number of nitrogens with zero attached hydrogens (tertiary/aromatic N) is 2. The predicted molar refractivity (Wildman–Crippen MR) is 141 cm³/mol. The van der Waals surface area contributed by atoms with E-state index >= 15 is 0 Å². The average Bonchev–Trinajstić information content (AvgIpc) is 3.33. The van der Waals surface area contributed by atoms with Crippen LogP contribution in [0.4, 0.5) is 0 Å². The number of hydrogen-bond acceptors (Lipinski definition) is 4. The Morgan fingerprint density at radius 3 is 2.63 bits per heavy atom. The minimum atomic E-state index is 0.206. The highest BCUT2D eigenvalue weighted by atomic mass is 16.5. The van der Waals surface area contributed by atoms with Gasteiger partial charge in [0.05, 0.1) is 18.7 Å². The maximum Gasteiger partial charge on any atom is 0.202 e. The number of likely N-dealkylation sites (tertiary alicyclic amines) is 1. The number of aryl methyl sites for hydroxylation is 1. The maximum atomic E-state index is 6.50. The molecule has 0 radical (unpaired) electrons. The van der Waals surface area contributed by atoms with Gasteiger partial charge >= 0.3 is 0 Å².